The molecule has 2 N–H and O–H groups in total. The van der Waals surface area contributed by atoms with E-state index < -0.39 is 0 Å². The summed E-state index contributed by atoms with van der Waals surface area (Å²) in [6, 6.07) is 18.7. The lowest BCUT2D eigenvalue weighted by atomic mass is 10.1. The zero-order chi connectivity index (χ0) is 20.2. The van der Waals surface area contributed by atoms with Gasteiger partial charge >= 0.3 is 0 Å². The highest BCUT2D eigenvalue weighted by atomic mass is 35.5. The normalized spacial score (nSPS) is 14.1. The summed E-state index contributed by atoms with van der Waals surface area (Å²) in [7, 11) is 0. The number of nitrogens with two attached hydrogens (primary N) is 1. The van der Waals surface area contributed by atoms with Crippen molar-refractivity contribution in [3.63, 3.8) is 0 Å². The number of nitrogens with zero attached hydrogens (tertiary/aromatic N) is 2. The van der Waals surface area contributed by atoms with Gasteiger partial charge in [-0.2, -0.15) is 0 Å². The molecule has 0 saturated carbocycles. The van der Waals surface area contributed by atoms with Crippen molar-refractivity contribution in [2.45, 2.75) is 20.3 Å². The second-order valence-electron chi connectivity index (χ2n) is 7.95. The molecule has 1 fully saturated rings. The van der Waals surface area contributed by atoms with Crippen molar-refractivity contribution >= 4 is 47.0 Å². The van der Waals surface area contributed by atoms with Crippen molar-refractivity contribution in [1.29, 1.82) is 0 Å². The molecule has 0 aliphatic carbocycles. The molecule has 31 heavy (non-hydrogen) atoms. The van der Waals surface area contributed by atoms with Gasteiger partial charge in [-0.3, -0.25) is 4.90 Å². The van der Waals surface area contributed by atoms with Crippen LogP contribution in [0.2, 0.25) is 0 Å². The molecule has 4 rings (SSSR count). The molecule has 0 radical (unpaired) electrons. The van der Waals surface area contributed by atoms with Gasteiger partial charge in [-0.25, -0.2) is 0 Å². The van der Waals surface area contributed by atoms with Crippen LogP contribution in [0.25, 0.3) is 10.8 Å². The van der Waals surface area contributed by atoms with Gasteiger partial charge in [0.15, 0.2) is 0 Å². The minimum absolute atomic E-state index is 0. The van der Waals surface area contributed by atoms with Crippen LogP contribution in [-0.4, -0.2) is 44.2 Å². The number of ether oxygens (including phenoxy) is 1. The number of halogens is 2. The number of rotatable bonds is 6. The maximum absolute atomic E-state index is 6.09. The summed E-state index contributed by atoms with van der Waals surface area (Å²) in [4.78, 5) is 5.07. The molecule has 6 heteroatoms. The van der Waals surface area contributed by atoms with Gasteiger partial charge in [-0.15, -0.1) is 24.8 Å². The van der Waals surface area contributed by atoms with E-state index in [2.05, 4.69) is 47.9 Å². The Bertz CT molecular complexity index is 988. The first kappa shape index (κ1) is 25.1. The topological polar surface area (TPSA) is 41.7 Å². The van der Waals surface area contributed by atoms with Crippen molar-refractivity contribution < 1.29 is 4.74 Å². The maximum Gasteiger partial charge on any atom is 0.127 e. The molecule has 168 valence electrons. The van der Waals surface area contributed by atoms with Gasteiger partial charge in [0, 0.05) is 54.9 Å². The Morgan fingerprint density at radius 1 is 0.839 bits per heavy atom. The second-order valence-corrected chi connectivity index (χ2v) is 7.95. The first-order valence-corrected chi connectivity index (χ1v) is 10.6. The fraction of sp³-hybridized carbons (Fsp3) is 0.360. The highest BCUT2D eigenvalue weighted by Crippen LogP contribution is 2.30. The third-order valence-electron chi connectivity index (χ3n) is 6.08. The smallest absolute Gasteiger partial charge is 0.127 e. The zero-order valence-corrected chi connectivity index (χ0v) is 20.0. The van der Waals surface area contributed by atoms with Crippen LogP contribution in [0.15, 0.2) is 54.6 Å². The highest BCUT2D eigenvalue weighted by Gasteiger charge is 2.18. The molecule has 1 heterocycles. The average molecular weight is 462 g/mol. The van der Waals surface area contributed by atoms with Crippen molar-refractivity contribution in [3.05, 3.63) is 65.7 Å². The van der Waals surface area contributed by atoms with E-state index in [4.69, 9.17) is 10.5 Å². The molecule has 0 spiro atoms. The molecule has 1 aliphatic heterocycles. The van der Waals surface area contributed by atoms with Crippen molar-refractivity contribution in [1.82, 2.24) is 4.90 Å². The number of nitrogen functional groups attached to an aromatic ring is 1. The van der Waals surface area contributed by atoms with Crippen LogP contribution in [0.5, 0.6) is 5.75 Å². The number of benzene rings is 3. The Hall–Kier alpha value is -2.14. The minimum atomic E-state index is 0. The van der Waals surface area contributed by atoms with Gasteiger partial charge in [0.05, 0.1) is 6.61 Å². The Morgan fingerprint density at radius 2 is 1.55 bits per heavy atom. The van der Waals surface area contributed by atoms with E-state index in [0.717, 1.165) is 68.0 Å². The molecule has 3 aromatic rings. The predicted molar refractivity (Wildman–Crippen MR) is 138 cm³/mol. The lowest BCUT2D eigenvalue weighted by Crippen LogP contribution is -2.47. The van der Waals surface area contributed by atoms with Crippen LogP contribution in [0.4, 0.5) is 11.4 Å². The van der Waals surface area contributed by atoms with Gasteiger partial charge < -0.3 is 15.4 Å². The molecule has 1 aliphatic rings. The van der Waals surface area contributed by atoms with E-state index in [1.165, 1.54) is 16.8 Å². The van der Waals surface area contributed by atoms with Gasteiger partial charge in [-0.05, 0) is 49.6 Å². The first-order chi connectivity index (χ1) is 14.1. The Labute approximate surface area is 198 Å². The molecule has 0 unspecified atom stereocenters. The minimum Gasteiger partial charge on any atom is -0.493 e. The fourth-order valence-corrected chi connectivity index (χ4v) is 4.18. The van der Waals surface area contributed by atoms with Crippen molar-refractivity contribution in [3.8, 4) is 5.75 Å². The number of anilines is 2. The van der Waals surface area contributed by atoms with E-state index in [0.29, 0.717) is 0 Å². The summed E-state index contributed by atoms with van der Waals surface area (Å²) < 4.78 is 6.09. The third kappa shape index (κ3) is 5.76. The number of fused-ring (bicyclic) bond motifs is 1. The number of hydrogen-bond donors (Lipinski definition) is 1. The van der Waals surface area contributed by atoms with E-state index in [1.54, 1.807) is 0 Å². The number of piperazine rings is 1. The molecule has 0 bridgehead atoms. The SMILES string of the molecule is Cc1cccc(N2CCN(CCCOc3ccc(N)c4ccccc34)CC2)c1C.Cl.Cl. The molecule has 4 nitrogen and oxygen atoms in total. The lowest BCUT2D eigenvalue weighted by molar-refractivity contribution is 0.225. The monoisotopic (exact) mass is 461 g/mol. The van der Waals surface area contributed by atoms with Crippen LogP contribution in [-0.2, 0) is 0 Å². The fourth-order valence-electron chi connectivity index (χ4n) is 4.18. The van der Waals surface area contributed by atoms with Crippen molar-refractivity contribution in [2.75, 3.05) is 50.0 Å². The standard InChI is InChI=1S/C25H31N3O.2ClH/c1-19-7-5-10-24(20(19)2)28-16-14-27(15-17-28)13-6-18-29-25-12-11-23(26)21-8-3-4-9-22(21)25;;/h3-5,7-12H,6,13-18,26H2,1-2H3;2*1H. The van der Waals surface area contributed by atoms with Gasteiger partial charge in [0.1, 0.15) is 5.75 Å². The molecular weight excluding hydrogens is 429 g/mol. The first-order valence-electron chi connectivity index (χ1n) is 10.6. The van der Waals surface area contributed by atoms with Gasteiger partial charge in [-0.1, -0.05) is 36.4 Å². The van der Waals surface area contributed by atoms with Crippen LogP contribution in [0.3, 0.4) is 0 Å². The Balaban J connectivity index is 0.00000171. The molecule has 0 aromatic heterocycles. The zero-order valence-electron chi connectivity index (χ0n) is 18.3. The van der Waals surface area contributed by atoms with E-state index in [1.807, 2.05) is 30.3 Å². The lowest BCUT2D eigenvalue weighted by Gasteiger charge is -2.37. The van der Waals surface area contributed by atoms with E-state index in [-0.39, 0.29) is 24.8 Å². The van der Waals surface area contributed by atoms with Gasteiger partial charge in [0.2, 0.25) is 0 Å². The Morgan fingerprint density at radius 3 is 2.29 bits per heavy atom. The third-order valence-corrected chi connectivity index (χ3v) is 6.08. The largest absolute Gasteiger partial charge is 0.493 e. The summed E-state index contributed by atoms with van der Waals surface area (Å²) in [5, 5.41) is 2.15. The van der Waals surface area contributed by atoms with Crippen LogP contribution in [0.1, 0.15) is 17.5 Å². The average Bonchev–Trinajstić information content (AvgIpc) is 2.75. The predicted octanol–water partition coefficient (Wildman–Crippen LogP) is 5.47. The van der Waals surface area contributed by atoms with Crippen LogP contribution in [0, 0.1) is 13.8 Å². The number of hydrogen-bond acceptors (Lipinski definition) is 4. The van der Waals surface area contributed by atoms with E-state index >= 15 is 0 Å². The Kier molecular flexibility index (Phi) is 9.30. The summed E-state index contributed by atoms with van der Waals surface area (Å²) in [5.41, 5.74) is 11.1. The summed E-state index contributed by atoms with van der Waals surface area (Å²) >= 11 is 0. The van der Waals surface area contributed by atoms with Crippen LogP contribution >= 0.6 is 24.8 Å². The molecule has 3 aromatic carbocycles. The molecule has 0 atom stereocenters. The molecular formula is C25H33Cl2N3O. The quantitative estimate of drug-likeness (QED) is 0.390. The summed E-state index contributed by atoms with van der Waals surface area (Å²) in [6.45, 7) is 10.6. The maximum atomic E-state index is 6.09. The van der Waals surface area contributed by atoms with E-state index in [9.17, 15) is 0 Å². The number of aryl methyl sites for hydroxylation is 1. The summed E-state index contributed by atoms with van der Waals surface area (Å²) in [5.74, 6) is 0.926. The van der Waals surface area contributed by atoms with Crippen LogP contribution < -0.4 is 15.4 Å². The van der Waals surface area contributed by atoms with Crippen molar-refractivity contribution in [2.24, 2.45) is 0 Å². The van der Waals surface area contributed by atoms with Gasteiger partial charge in [0.25, 0.3) is 0 Å². The molecule has 1 saturated heterocycles. The summed E-state index contributed by atoms with van der Waals surface area (Å²) in [6.07, 6.45) is 1.03. The second kappa shape index (κ2) is 11.5. The highest BCUT2D eigenvalue weighted by molar-refractivity contribution is 5.96. The molecule has 0 amide bonds.